The first-order chi connectivity index (χ1) is 16.6. The smallest absolute Gasteiger partial charge is 0.416 e. The number of carbonyl (C=O) groups is 3. The summed E-state index contributed by atoms with van der Waals surface area (Å²) in [4.78, 5) is 40.1. The molecule has 0 aliphatic carbocycles. The Morgan fingerprint density at radius 2 is 1.74 bits per heavy atom. The van der Waals surface area contributed by atoms with E-state index in [1.807, 2.05) is 30.3 Å². The van der Waals surface area contributed by atoms with Gasteiger partial charge in [0.25, 0.3) is 0 Å². The Morgan fingerprint density at radius 1 is 1.06 bits per heavy atom. The molecule has 0 bridgehead atoms. The number of hydrogen-bond acceptors (Lipinski definition) is 4. The molecule has 0 saturated carbocycles. The molecule has 2 saturated heterocycles. The molecular formula is C25H25F3N2O5. The van der Waals surface area contributed by atoms with E-state index in [2.05, 4.69) is 0 Å². The van der Waals surface area contributed by atoms with Crippen LogP contribution in [-0.2, 0) is 28.5 Å². The van der Waals surface area contributed by atoms with E-state index < -0.39 is 41.8 Å². The SMILES string of the molecule is O=C(O)N1CC[C@H](C(Cc2ccc(C(F)(F)F)cc2)C(=O)N2C(=O)OC[C@@H]2Cc2ccccc2)C1. The fraction of sp³-hybridized carbons (Fsp3) is 0.400. The van der Waals surface area contributed by atoms with Gasteiger partial charge in [0, 0.05) is 19.0 Å². The molecule has 3 amide bonds. The number of ether oxygens (including phenoxy) is 1. The molecule has 2 aliphatic heterocycles. The van der Waals surface area contributed by atoms with Crippen molar-refractivity contribution in [2.45, 2.75) is 31.5 Å². The van der Waals surface area contributed by atoms with Crippen LogP contribution < -0.4 is 0 Å². The zero-order valence-electron chi connectivity index (χ0n) is 18.8. The number of rotatable bonds is 6. The average Bonchev–Trinajstić information content (AvgIpc) is 3.45. The number of cyclic esters (lactones) is 1. The van der Waals surface area contributed by atoms with Crippen molar-refractivity contribution in [3.05, 3.63) is 71.3 Å². The summed E-state index contributed by atoms with van der Waals surface area (Å²) in [6, 6.07) is 13.3. The number of hydrogen-bond donors (Lipinski definition) is 1. The van der Waals surface area contributed by atoms with Crippen LogP contribution in [0.5, 0.6) is 0 Å². The quantitative estimate of drug-likeness (QED) is 0.647. The van der Waals surface area contributed by atoms with Crippen molar-refractivity contribution in [3.8, 4) is 0 Å². The average molecular weight is 490 g/mol. The molecule has 0 aromatic heterocycles. The lowest BCUT2D eigenvalue weighted by atomic mass is 9.84. The summed E-state index contributed by atoms with van der Waals surface area (Å²) < 4.78 is 44.1. The van der Waals surface area contributed by atoms with E-state index in [4.69, 9.17) is 4.74 Å². The molecule has 2 aromatic carbocycles. The van der Waals surface area contributed by atoms with Gasteiger partial charge in [-0.25, -0.2) is 14.5 Å². The summed E-state index contributed by atoms with van der Waals surface area (Å²) in [7, 11) is 0. The Labute approximate surface area is 200 Å². The van der Waals surface area contributed by atoms with E-state index in [-0.39, 0.29) is 32.0 Å². The van der Waals surface area contributed by atoms with E-state index >= 15 is 0 Å². The van der Waals surface area contributed by atoms with Crippen molar-refractivity contribution >= 4 is 18.1 Å². The summed E-state index contributed by atoms with van der Waals surface area (Å²) in [6.07, 6.45) is -5.45. The van der Waals surface area contributed by atoms with Gasteiger partial charge in [0.2, 0.25) is 5.91 Å². The van der Waals surface area contributed by atoms with Crippen LogP contribution in [0.1, 0.15) is 23.1 Å². The van der Waals surface area contributed by atoms with E-state index in [1.54, 1.807) is 0 Å². The summed E-state index contributed by atoms with van der Waals surface area (Å²) >= 11 is 0. The summed E-state index contributed by atoms with van der Waals surface area (Å²) in [5, 5.41) is 9.36. The minimum absolute atomic E-state index is 0.0401. The van der Waals surface area contributed by atoms with Crippen molar-refractivity contribution in [3.63, 3.8) is 0 Å². The maximum Gasteiger partial charge on any atom is 0.416 e. The first kappa shape index (κ1) is 24.6. The number of carboxylic acid groups (broad SMARTS) is 1. The second kappa shape index (κ2) is 9.97. The number of nitrogens with zero attached hydrogens (tertiary/aromatic N) is 2. The Hall–Kier alpha value is -3.56. The topological polar surface area (TPSA) is 87.2 Å². The van der Waals surface area contributed by atoms with E-state index in [9.17, 15) is 32.7 Å². The van der Waals surface area contributed by atoms with Crippen LogP contribution in [0.3, 0.4) is 0 Å². The minimum Gasteiger partial charge on any atom is -0.465 e. The van der Waals surface area contributed by atoms with Gasteiger partial charge in [-0.2, -0.15) is 13.2 Å². The van der Waals surface area contributed by atoms with Crippen LogP contribution in [0.4, 0.5) is 22.8 Å². The molecule has 35 heavy (non-hydrogen) atoms. The third-order valence-electron chi connectivity index (χ3n) is 6.63. The van der Waals surface area contributed by atoms with Crippen LogP contribution in [-0.4, -0.2) is 58.7 Å². The number of halogens is 3. The normalized spacial score (nSPS) is 21.2. The minimum atomic E-state index is -4.48. The Balaban J connectivity index is 1.59. The van der Waals surface area contributed by atoms with Gasteiger partial charge in [-0.05, 0) is 48.4 Å². The maximum atomic E-state index is 13.7. The third-order valence-corrected chi connectivity index (χ3v) is 6.63. The molecule has 2 heterocycles. The fourth-order valence-electron chi connectivity index (χ4n) is 4.77. The second-order valence-electron chi connectivity index (χ2n) is 8.91. The lowest BCUT2D eigenvalue weighted by Gasteiger charge is -2.28. The van der Waals surface area contributed by atoms with Crippen LogP contribution in [0, 0.1) is 11.8 Å². The number of likely N-dealkylation sites (tertiary alicyclic amines) is 1. The van der Waals surface area contributed by atoms with Gasteiger partial charge in [-0.1, -0.05) is 42.5 Å². The number of carbonyl (C=O) groups excluding carboxylic acids is 2. The zero-order valence-corrected chi connectivity index (χ0v) is 18.8. The highest BCUT2D eigenvalue weighted by molar-refractivity contribution is 5.95. The molecule has 10 heteroatoms. The van der Waals surface area contributed by atoms with Crippen molar-refractivity contribution in [2.75, 3.05) is 19.7 Å². The van der Waals surface area contributed by atoms with Crippen LogP contribution in [0.25, 0.3) is 0 Å². The highest BCUT2D eigenvalue weighted by Gasteiger charge is 2.44. The predicted molar refractivity (Wildman–Crippen MR) is 118 cm³/mol. The second-order valence-corrected chi connectivity index (χ2v) is 8.91. The monoisotopic (exact) mass is 490 g/mol. The first-order valence-corrected chi connectivity index (χ1v) is 11.3. The van der Waals surface area contributed by atoms with Gasteiger partial charge < -0.3 is 14.7 Å². The molecule has 2 aromatic rings. The lowest BCUT2D eigenvalue weighted by molar-refractivity contribution is -0.138. The molecule has 1 unspecified atom stereocenters. The maximum absolute atomic E-state index is 13.7. The number of amides is 3. The molecule has 7 nitrogen and oxygen atoms in total. The highest BCUT2D eigenvalue weighted by atomic mass is 19.4. The summed E-state index contributed by atoms with van der Waals surface area (Å²) in [5.74, 6) is -1.67. The van der Waals surface area contributed by atoms with Crippen molar-refractivity contribution in [1.82, 2.24) is 9.80 Å². The summed E-state index contributed by atoms with van der Waals surface area (Å²) in [6.45, 7) is 0.395. The van der Waals surface area contributed by atoms with E-state index in [1.165, 1.54) is 17.0 Å². The van der Waals surface area contributed by atoms with Crippen molar-refractivity contribution < 1.29 is 37.4 Å². The van der Waals surface area contributed by atoms with Crippen LogP contribution >= 0.6 is 0 Å². The fourth-order valence-corrected chi connectivity index (χ4v) is 4.77. The van der Waals surface area contributed by atoms with E-state index in [0.717, 1.165) is 22.6 Å². The van der Waals surface area contributed by atoms with Gasteiger partial charge >= 0.3 is 18.4 Å². The lowest BCUT2D eigenvalue weighted by Crippen LogP contribution is -2.46. The van der Waals surface area contributed by atoms with Crippen molar-refractivity contribution in [1.29, 1.82) is 0 Å². The van der Waals surface area contributed by atoms with Crippen molar-refractivity contribution in [2.24, 2.45) is 11.8 Å². The molecule has 3 atom stereocenters. The highest BCUT2D eigenvalue weighted by Crippen LogP contribution is 2.33. The number of alkyl halides is 3. The van der Waals surface area contributed by atoms with Gasteiger partial charge in [0.15, 0.2) is 0 Å². The van der Waals surface area contributed by atoms with Gasteiger partial charge in [-0.3, -0.25) is 4.79 Å². The molecule has 1 N–H and O–H groups in total. The molecule has 0 spiro atoms. The first-order valence-electron chi connectivity index (χ1n) is 11.3. The van der Waals surface area contributed by atoms with Gasteiger partial charge in [0.1, 0.15) is 6.61 Å². The number of imide groups is 1. The zero-order chi connectivity index (χ0) is 25.2. The predicted octanol–water partition coefficient (Wildman–Crippen LogP) is 4.45. The van der Waals surface area contributed by atoms with Crippen LogP contribution in [0.2, 0.25) is 0 Å². The largest absolute Gasteiger partial charge is 0.465 e. The molecule has 186 valence electrons. The molecule has 2 fully saturated rings. The molecule has 0 radical (unpaired) electrons. The Morgan fingerprint density at radius 3 is 2.34 bits per heavy atom. The third kappa shape index (κ3) is 5.58. The molecule has 2 aliphatic rings. The van der Waals surface area contributed by atoms with Gasteiger partial charge in [-0.15, -0.1) is 0 Å². The number of benzene rings is 2. The molecular weight excluding hydrogens is 465 g/mol. The standard InChI is InChI=1S/C25H25F3N2O5/c26-25(27,28)19-8-6-17(7-9-19)13-21(18-10-11-29(14-18)23(32)33)22(31)30-20(15-35-24(30)34)12-16-4-2-1-3-5-16/h1-9,18,20-21H,10-15H2,(H,32,33)/t18-,20-,21?/m0/s1. The van der Waals surface area contributed by atoms with E-state index in [0.29, 0.717) is 18.4 Å². The van der Waals surface area contributed by atoms with Gasteiger partial charge in [0.05, 0.1) is 11.6 Å². The Bertz CT molecular complexity index is 1070. The van der Waals surface area contributed by atoms with Crippen LogP contribution in [0.15, 0.2) is 54.6 Å². The Kier molecular flexibility index (Phi) is 7.00. The molecule has 4 rings (SSSR count). The summed E-state index contributed by atoms with van der Waals surface area (Å²) in [5.41, 5.74) is 0.621.